The monoisotopic (exact) mass is 405 g/mol. The fourth-order valence-corrected chi connectivity index (χ4v) is 3.42. The van der Waals surface area contributed by atoms with Gasteiger partial charge in [-0.3, -0.25) is 9.59 Å². The van der Waals surface area contributed by atoms with Gasteiger partial charge in [-0.25, -0.2) is 4.39 Å². The number of carbonyl (C=O) groups excluding carboxylic acids is 2. The van der Waals surface area contributed by atoms with Gasteiger partial charge in [0.05, 0.1) is 11.6 Å². The van der Waals surface area contributed by atoms with Crippen LogP contribution in [-0.2, 0) is 17.6 Å². The summed E-state index contributed by atoms with van der Waals surface area (Å²) in [6, 6.07) is 19.6. The molecule has 5 nitrogen and oxygen atoms in total. The molecule has 30 heavy (non-hydrogen) atoms. The van der Waals surface area contributed by atoms with Crippen molar-refractivity contribution in [3.63, 3.8) is 0 Å². The molecule has 1 aliphatic heterocycles. The zero-order valence-electron chi connectivity index (χ0n) is 16.1. The summed E-state index contributed by atoms with van der Waals surface area (Å²) < 4.78 is 24.9. The number of ether oxygens (including phenoxy) is 2. The summed E-state index contributed by atoms with van der Waals surface area (Å²) in [6.07, 6.45) is 0.355. The Morgan fingerprint density at radius 1 is 0.933 bits per heavy atom. The van der Waals surface area contributed by atoms with Crippen molar-refractivity contribution in [1.82, 2.24) is 5.32 Å². The van der Waals surface area contributed by atoms with E-state index in [2.05, 4.69) is 5.32 Å². The Bertz CT molecular complexity index is 1070. The van der Waals surface area contributed by atoms with E-state index < -0.39 is 17.8 Å². The van der Waals surface area contributed by atoms with E-state index in [0.717, 1.165) is 5.56 Å². The number of carbonyl (C=O) groups is 2. The molecule has 1 aliphatic rings. The number of benzene rings is 3. The predicted molar refractivity (Wildman–Crippen MR) is 109 cm³/mol. The van der Waals surface area contributed by atoms with Crippen LogP contribution in [0.3, 0.4) is 0 Å². The number of hydrogen-bond acceptors (Lipinski definition) is 4. The topological polar surface area (TPSA) is 64.6 Å². The fourth-order valence-electron chi connectivity index (χ4n) is 3.42. The van der Waals surface area contributed by atoms with Crippen LogP contribution in [0.4, 0.5) is 4.39 Å². The van der Waals surface area contributed by atoms with Gasteiger partial charge in [0, 0.05) is 12.0 Å². The van der Waals surface area contributed by atoms with Crippen molar-refractivity contribution in [2.75, 3.05) is 6.79 Å². The van der Waals surface area contributed by atoms with Crippen molar-refractivity contribution in [3.8, 4) is 11.5 Å². The molecule has 4 rings (SSSR count). The quantitative estimate of drug-likeness (QED) is 0.651. The van der Waals surface area contributed by atoms with Gasteiger partial charge in [0.1, 0.15) is 5.82 Å². The summed E-state index contributed by atoms with van der Waals surface area (Å²) in [4.78, 5) is 25.8. The fraction of sp³-hybridized carbons (Fsp3) is 0.167. The summed E-state index contributed by atoms with van der Waals surface area (Å²) in [5.41, 5.74) is 1.48. The molecule has 0 fully saturated rings. The van der Waals surface area contributed by atoms with Crippen molar-refractivity contribution >= 4 is 11.7 Å². The van der Waals surface area contributed by atoms with Crippen LogP contribution < -0.4 is 14.8 Å². The van der Waals surface area contributed by atoms with E-state index in [9.17, 15) is 14.0 Å². The van der Waals surface area contributed by atoms with E-state index in [4.69, 9.17) is 9.47 Å². The highest BCUT2D eigenvalue weighted by atomic mass is 19.1. The number of nitrogens with one attached hydrogen (secondary N) is 1. The maximum Gasteiger partial charge on any atom is 0.254 e. The molecule has 0 spiro atoms. The number of ketones is 1. The molecule has 1 heterocycles. The number of halogens is 1. The molecule has 3 aromatic carbocycles. The second-order valence-corrected chi connectivity index (χ2v) is 6.99. The van der Waals surface area contributed by atoms with Gasteiger partial charge in [0.15, 0.2) is 17.3 Å². The van der Waals surface area contributed by atoms with Crippen LogP contribution in [0, 0.1) is 5.82 Å². The van der Waals surface area contributed by atoms with Crippen LogP contribution in [0.15, 0.2) is 72.8 Å². The number of Topliss-reactive ketones (excluding diaryl/α,β-unsaturated/α-hetero) is 1. The van der Waals surface area contributed by atoms with Gasteiger partial charge in [0.2, 0.25) is 6.79 Å². The first kappa shape index (κ1) is 19.6. The first-order valence-electron chi connectivity index (χ1n) is 9.61. The van der Waals surface area contributed by atoms with Crippen molar-refractivity contribution in [2.24, 2.45) is 0 Å². The number of amides is 1. The Kier molecular flexibility index (Phi) is 5.75. The minimum absolute atomic E-state index is 0.0571. The summed E-state index contributed by atoms with van der Waals surface area (Å²) in [5.74, 6) is -0.319. The first-order valence-corrected chi connectivity index (χ1v) is 9.61. The van der Waals surface area contributed by atoms with Crippen LogP contribution >= 0.6 is 0 Å². The second kappa shape index (κ2) is 8.78. The van der Waals surface area contributed by atoms with E-state index in [1.807, 2.05) is 30.3 Å². The van der Waals surface area contributed by atoms with Gasteiger partial charge in [-0.05, 0) is 30.2 Å². The molecule has 1 unspecified atom stereocenters. The Labute approximate surface area is 173 Å². The highest BCUT2D eigenvalue weighted by molar-refractivity contribution is 5.98. The molecule has 152 valence electrons. The molecule has 1 N–H and O–H groups in total. The van der Waals surface area contributed by atoms with Crippen molar-refractivity contribution < 1.29 is 23.5 Å². The third kappa shape index (κ3) is 4.33. The zero-order valence-corrected chi connectivity index (χ0v) is 16.1. The third-order valence-electron chi connectivity index (χ3n) is 4.94. The van der Waals surface area contributed by atoms with Crippen LogP contribution in [-0.4, -0.2) is 24.5 Å². The molecule has 0 saturated carbocycles. The van der Waals surface area contributed by atoms with Crippen LogP contribution in [0.25, 0.3) is 0 Å². The summed E-state index contributed by atoms with van der Waals surface area (Å²) in [7, 11) is 0. The van der Waals surface area contributed by atoms with E-state index in [-0.39, 0.29) is 24.6 Å². The van der Waals surface area contributed by atoms with Crippen LogP contribution in [0.2, 0.25) is 0 Å². The molecular formula is C24H20FNO4. The first-order chi connectivity index (χ1) is 14.6. The maximum absolute atomic E-state index is 14.0. The van der Waals surface area contributed by atoms with Gasteiger partial charge in [-0.2, -0.15) is 0 Å². The largest absolute Gasteiger partial charge is 0.454 e. The molecule has 0 bridgehead atoms. The van der Waals surface area contributed by atoms with Crippen molar-refractivity contribution in [1.29, 1.82) is 0 Å². The Balaban J connectivity index is 1.57. The molecule has 1 atom stereocenters. The number of fused-ring (bicyclic) bond motifs is 1. The lowest BCUT2D eigenvalue weighted by Gasteiger charge is -2.19. The predicted octanol–water partition coefficient (Wildman–Crippen LogP) is 3.71. The molecule has 0 aliphatic carbocycles. The van der Waals surface area contributed by atoms with Gasteiger partial charge >= 0.3 is 0 Å². The normalized spacial score (nSPS) is 13.0. The van der Waals surface area contributed by atoms with Gasteiger partial charge < -0.3 is 14.8 Å². The van der Waals surface area contributed by atoms with Gasteiger partial charge in [0.25, 0.3) is 5.91 Å². The minimum Gasteiger partial charge on any atom is -0.454 e. The maximum atomic E-state index is 14.0. The van der Waals surface area contributed by atoms with E-state index in [0.29, 0.717) is 23.5 Å². The molecule has 1 amide bonds. The summed E-state index contributed by atoms with van der Waals surface area (Å²) >= 11 is 0. The Hall–Kier alpha value is -3.67. The highest BCUT2D eigenvalue weighted by Gasteiger charge is 2.26. The lowest BCUT2D eigenvalue weighted by atomic mass is 9.96. The average Bonchev–Trinajstić information content (AvgIpc) is 3.24. The number of rotatable bonds is 7. The molecule has 0 aromatic heterocycles. The molecule has 3 aromatic rings. The molecular weight excluding hydrogens is 385 g/mol. The standard InChI is InChI=1S/C24H20FNO4/c25-19-11-5-4-10-18(19)24(28)26-20(13-16-7-2-1-3-8-16)21(27)14-17-9-6-12-22-23(17)30-15-29-22/h1-12,20H,13-15H2,(H,26,28). The van der Waals surface area contributed by atoms with E-state index in [1.54, 1.807) is 24.3 Å². The lowest BCUT2D eigenvalue weighted by Crippen LogP contribution is -2.43. The number of para-hydroxylation sites is 1. The highest BCUT2D eigenvalue weighted by Crippen LogP contribution is 2.35. The molecule has 6 heteroatoms. The lowest BCUT2D eigenvalue weighted by molar-refractivity contribution is -0.120. The summed E-state index contributed by atoms with van der Waals surface area (Å²) in [5, 5.41) is 2.71. The Morgan fingerprint density at radius 2 is 1.70 bits per heavy atom. The molecule has 0 radical (unpaired) electrons. The van der Waals surface area contributed by atoms with Crippen LogP contribution in [0.1, 0.15) is 21.5 Å². The van der Waals surface area contributed by atoms with Crippen molar-refractivity contribution in [2.45, 2.75) is 18.9 Å². The van der Waals surface area contributed by atoms with E-state index in [1.165, 1.54) is 18.2 Å². The number of hydrogen-bond donors (Lipinski definition) is 1. The third-order valence-corrected chi connectivity index (χ3v) is 4.94. The zero-order chi connectivity index (χ0) is 20.9. The minimum atomic E-state index is -0.822. The average molecular weight is 405 g/mol. The van der Waals surface area contributed by atoms with E-state index >= 15 is 0 Å². The van der Waals surface area contributed by atoms with Crippen LogP contribution in [0.5, 0.6) is 11.5 Å². The second-order valence-electron chi connectivity index (χ2n) is 6.99. The van der Waals surface area contributed by atoms with Gasteiger partial charge in [-0.1, -0.05) is 54.6 Å². The Morgan fingerprint density at radius 3 is 2.50 bits per heavy atom. The van der Waals surface area contributed by atoms with Gasteiger partial charge in [-0.15, -0.1) is 0 Å². The molecule has 0 saturated heterocycles. The van der Waals surface area contributed by atoms with Crippen molar-refractivity contribution in [3.05, 3.63) is 95.3 Å². The SMILES string of the molecule is O=C(NC(Cc1ccccc1)C(=O)Cc1cccc2c1OCO2)c1ccccc1F. The summed E-state index contributed by atoms with van der Waals surface area (Å²) in [6.45, 7) is 0.109. The smallest absolute Gasteiger partial charge is 0.254 e.